The van der Waals surface area contributed by atoms with Crippen LogP contribution in [0.3, 0.4) is 0 Å². The van der Waals surface area contributed by atoms with Crippen LogP contribution in [0.4, 0.5) is 10.1 Å². The normalized spacial score (nSPS) is 17.8. The van der Waals surface area contributed by atoms with E-state index in [1.54, 1.807) is 4.90 Å². The number of para-hydroxylation sites is 1. The molecule has 2 aromatic carbocycles. The molecule has 9 heteroatoms. The first-order chi connectivity index (χ1) is 15.8. The fourth-order valence-electron chi connectivity index (χ4n) is 4.33. The second-order valence-electron chi connectivity index (χ2n) is 8.38. The van der Waals surface area contributed by atoms with E-state index in [0.717, 1.165) is 42.6 Å². The second-order valence-corrected chi connectivity index (χ2v) is 10.3. The number of rotatable bonds is 5. The minimum atomic E-state index is -4.07. The number of halogens is 1. The average Bonchev–Trinajstić information content (AvgIpc) is 2.83. The molecule has 0 aromatic heterocycles. The predicted molar refractivity (Wildman–Crippen MR) is 121 cm³/mol. The Balaban J connectivity index is 1.51. The number of amides is 1. The number of hydrogen-bond acceptors (Lipinski definition) is 5. The first-order valence-electron chi connectivity index (χ1n) is 11.2. The van der Waals surface area contributed by atoms with E-state index in [9.17, 15) is 22.4 Å². The lowest BCUT2D eigenvalue weighted by atomic mass is 10.0. The molecule has 1 fully saturated rings. The Morgan fingerprint density at radius 2 is 1.73 bits per heavy atom. The van der Waals surface area contributed by atoms with Crippen LogP contribution < -0.4 is 4.90 Å². The molecule has 2 aromatic rings. The molecule has 0 N–H and O–H groups in total. The van der Waals surface area contributed by atoms with Gasteiger partial charge in [-0.25, -0.2) is 17.6 Å². The molecule has 4 rings (SSSR count). The fraction of sp³-hybridized carbons (Fsp3) is 0.417. The predicted octanol–water partition coefficient (Wildman–Crippen LogP) is 3.53. The van der Waals surface area contributed by atoms with Gasteiger partial charge in [0.2, 0.25) is 10.0 Å². The number of fused-ring (bicyclic) bond motifs is 1. The highest BCUT2D eigenvalue weighted by molar-refractivity contribution is 7.89. The highest BCUT2D eigenvalue weighted by atomic mass is 32.2. The van der Waals surface area contributed by atoms with Crippen LogP contribution in [-0.4, -0.2) is 50.3 Å². The molecule has 2 aliphatic rings. The van der Waals surface area contributed by atoms with E-state index in [-0.39, 0.29) is 11.5 Å². The maximum absolute atomic E-state index is 14.4. The third-order valence-corrected chi connectivity index (χ3v) is 8.02. The number of nitrogens with zero attached hydrogens (tertiary/aromatic N) is 2. The number of esters is 1. The van der Waals surface area contributed by atoms with E-state index in [1.165, 1.54) is 17.3 Å². The minimum absolute atomic E-state index is 0.120. The molecule has 0 spiro atoms. The number of benzene rings is 2. The highest BCUT2D eigenvalue weighted by Crippen LogP contribution is 2.28. The summed E-state index contributed by atoms with van der Waals surface area (Å²) >= 11 is 0. The molecule has 0 unspecified atom stereocenters. The van der Waals surface area contributed by atoms with Crippen LogP contribution in [0.25, 0.3) is 0 Å². The molecule has 1 saturated heterocycles. The highest BCUT2D eigenvalue weighted by Gasteiger charge is 2.31. The molecule has 0 radical (unpaired) electrons. The quantitative estimate of drug-likeness (QED) is 0.619. The van der Waals surface area contributed by atoms with E-state index >= 15 is 0 Å². The molecule has 0 aliphatic carbocycles. The molecule has 7 nitrogen and oxygen atoms in total. The number of hydrogen-bond donors (Lipinski definition) is 0. The Morgan fingerprint density at radius 1 is 1.00 bits per heavy atom. The van der Waals surface area contributed by atoms with E-state index in [2.05, 4.69) is 0 Å². The van der Waals surface area contributed by atoms with Crippen molar-refractivity contribution >= 4 is 27.6 Å². The van der Waals surface area contributed by atoms with Gasteiger partial charge in [-0.15, -0.1) is 0 Å². The van der Waals surface area contributed by atoms with Gasteiger partial charge in [0.15, 0.2) is 6.10 Å². The van der Waals surface area contributed by atoms with Gasteiger partial charge in [0.05, 0.1) is 5.56 Å². The first-order valence-corrected chi connectivity index (χ1v) is 12.6. The Hall–Kier alpha value is -2.78. The number of sulfonamides is 1. The average molecular weight is 475 g/mol. The molecule has 33 heavy (non-hydrogen) atoms. The number of carbonyl (C=O) groups excluding carboxylic acids is 2. The van der Waals surface area contributed by atoms with Gasteiger partial charge < -0.3 is 9.64 Å². The molecular formula is C24H27FN2O5S. The van der Waals surface area contributed by atoms with Gasteiger partial charge in [0.25, 0.3) is 5.91 Å². The summed E-state index contributed by atoms with van der Waals surface area (Å²) in [7, 11) is -4.07. The van der Waals surface area contributed by atoms with Crippen LogP contribution in [0.1, 0.15) is 48.5 Å². The van der Waals surface area contributed by atoms with Crippen LogP contribution in [0, 0.1) is 5.82 Å². The van der Waals surface area contributed by atoms with Crippen LogP contribution in [0.15, 0.2) is 47.4 Å². The maximum Gasteiger partial charge on any atom is 0.338 e. The largest absolute Gasteiger partial charge is 0.449 e. The third-order valence-electron chi connectivity index (χ3n) is 6.11. The van der Waals surface area contributed by atoms with Crippen molar-refractivity contribution in [1.29, 1.82) is 0 Å². The molecule has 0 bridgehead atoms. The van der Waals surface area contributed by atoms with Crippen molar-refractivity contribution in [2.75, 3.05) is 24.5 Å². The Morgan fingerprint density at radius 3 is 2.48 bits per heavy atom. The van der Waals surface area contributed by atoms with Crippen molar-refractivity contribution in [3.63, 3.8) is 0 Å². The van der Waals surface area contributed by atoms with E-state index < -0.39 is 32.8 Å². The molecule has 1 amide bonds. The Kier molecular flexibility index (Phi) is 6.81. The number of ether oxygens (including phenoxy) is 1. The van der Waals surface area contributed by atoms with Crippen molar-refractivity contribution in [3.05, 3.63) is 59.4 Å². The van der Waals surface area contributed by atoms with E-state index in [4.69, 9.17) is 4.74 Å². The van der Waals surface area contributed by atoms with E-state index in [0.29, 0.717) is 32.5 Å². The van der Waals surface area contributed by atoms with Crippen molar-refractivity contribution in [2.45, 2.75) is 50.0 Å². The van der Waals surface area contributed by atoms with Gasteiger partial charge >= 0.3 is 5.97 Å². The van der Waals surface area contributed by atoms with Crippen molar-refractivity contribution in [2.24, 2.45) is 0 Å². The summed E-state index contributed by atoms with van der Waals surface area (Å²) in [6.07, 6.45) is 2.94. The number of carbonyl (C=O) groups is 2. The second kappa shape index (κ2) is 9.61. The molecular weight excluding hydrogens is 447 g/mol. The summed E-state index contributed by atoms with van der Waals surface area (Å²) in [5, 5.41) is 0. The topological polar surface area (TPSA) is 84.0 Å². The Labute approximate surface area is 193 Å². The smallest absolute Gasteiger partial charge is 0.338 e. The molecule has 0 saturated carbocycles. The minimum Gasteiger partial charge on any atom is -0.449 e. The summed E-state index contributed by atoms with van der Waals surface area (Å²) in [5.41, 5.74) is 1.74. The zero-order valence-corrected chi connectivity index (χ0v) is 19.3. The summed E-state index contributed by atoms with van der Waals surface area (Å²) in [5.74, 6) is -2.17. The SMILES string of the molecule is C[C@@H](OC(=O)c1ccc(F)c(S(=O)(=O)N2CCCCC2)c1)C(=O)N1CCCc2ccccc21. The van der Waals surface area contributed by atoms with Gasteiger partial charge in [-0.05, 0) is 62.4 Å². The molecule has 2 heterocycles. The number of piperidine rings is 1. The zero-order chi connectivity index (χ0) is 23.6. The summed E-state index contributed by atoms with van der Waals surface area (Å²) in [4.78, 5) is 26.8. The number of aryl methyl sites for hydroxylation is 1. The Bertz CT molecular complexity index is 1160. The lowest BCUT2D eigenvalue weighted by Gasteiger charge is -2.31. The maximum atomic E-state index is 14.4. The molecule has 2 aliphatic heterocycles. The van der Waals surface area contributed by atoms with Gasteiger partial charge in [-0.1, -0.05) is 24.6 Å². The van der Waals surface area contributed by atoms with Gasteiger partial charge in [0.1, 0.15) is 10.7 Å². The molecule has 1 atom stereocenters. The standard InChI is InChI=1S/C24H27FN2O5S/c1-17(23(28)27-15-7-9-18-8-3-4-10-21(18)27)32-24(29)19-11-12-20(25)22(16-19)33(30,31)26-13-5-2-6-14-26/h3-4,8,10-12,16-17H,2,5-7,9,13-15H2,1H3/t17-/m1/s1. The summed E-state index contributed by atoms with van der Waals surface area (Å²) < 4.78 is 46.9. The zero-order valence-electron chi connectivity index (χ0n) is 18.5. The first kappa shape index (κ1) is 23.4. The third kappa shape index (κ3) is 4.79. The summed E-state index contributed by atoms with van der Waals surface area (Å²) in [6, 6.07) is 10.7. The van der Waals surface area contributed by atoms with Crippen LogP contribution >= 0.6 is 0 Å². The van der Waals surface area contributed by atoms with Crippen molar-refractivity contribution < 1.29 is 27.1 Å². The van der Waals surface area contributed by atoms with Crippen LogP contribution in [-0.2, 0) is 26.0 Å². The van der Waals surface area contributed by atoms with Crippen molar-refractivity contribution in [1.82, 2.24) is 4.31 Å². The summed E-state index contributed by atoms with van der Waals surface area (Å²) in [6.45, 7) is 2.64. The van der Waals surface area contributed by atoms with Gasteiger partial charge in [0, 0.05) is 25.3 Å². The van der Waals surface area contributed by atoms with Crippen LogP contribution in [0.2, 0.25) is 0 Å². The molecule has 176 valence electrons. The fourth-order valence-corrected chi connectivity index (χ4v) is 5.94. The lowest BCUT2D eigenvalue weighted by molar-refractivity contribution is -0.126. The van der Waals surface area contributed by atoms with Gasteiger partial charge in [-0.2, -0.15) is 4.31 Å². The van der Waals surface area contributed by atoms with E-state index in [1.807, 2.05) is 24.3 Å². The number of anilines is 1. The monoisotopic (exact) mass is 474 g/mol. The lowest BCUT2D eigenvalue weighted by Crippen LogP contribution is -2.42. The van der Waals surface area contributed by atoms with Crippen molar-refractivity contribution in [3.8, 4) is 0 Å². The van der Waals surface area contributed by atoms with Gasteiger partial charge in [-0.3, -0.25) is 4.79 Å². The van der Waals surface area contributed by atoms with Crippen LogP contribution in [0.5, 0.6) is 0 Å².